The van der Waals surface area contributed by atoms with E-state index < -0.39 is 5.91 Å². The van der Waals surface area contributed by atoms with E-state index >= 15 is 0 Å². The molecule has 3 rings (SSSR count). The summed E-state index contributed by atoms with van der Waals surface area (Å²) in [5.74, 6) is 0.0109. The van der Waals surface area contributed by atoms with Crippen molar-refractivity contribution < 1.29 is 14.3 Å². The highest BCUT2D eigenvalue weighted by molar-refractivity contribution is 7.22. The number of hydrogen-bond donors (Lipinski definition) is 2. The highest BCUT2D eigenvalue weighted by atomic mass is 32.1. The van der Waals surface area contributed by atoms with Crippen LogP contribution in [0.1, 0.15) is 10.4 Å². The molecule has 0 saturated heterocycles. The zero-order chi connectivity index (χ0) is 18.7. The zero-order valence-electron chi connectivity index (χ0n) is 14.4. The number of para-hydroxylation sites is 1. The fourth-order valence-electron chi connectivity index (χ4n) is 2.44. The van der Waals surface area contributed by atoms with Crippen molar-refractivity contribution in [2.75, 3.05) is 30.9 Å². The van der Waals surface area contributed by atoms with Gasteiger partial charge in [0.25, 0.3) is 0 Å². The Kier molecular flexibility index (Phi) is 5.04. The molecule has 3 aromatic rings. The van der Waals surface area contributed by atoms with Gasteiger partial charge in [-0.25, -0.2) is 4.98 Å². The summed E-state index contributed by atoms with van der Waals surface area (Å²) in [7, 11) is 3.41. The maximum absolute atomic E-state index is 12.3. The lowest BCUT2D eigenvalue weighted by atomic mass is 10.2. The number of amides is 2. The smallest absolute Gasteiger partial charge is 0.248 e. The number of benzene rings is 2. The molecule has 26 heavy (non-hydrogen) atoms. The van der Waals surface area contributed by atoms with E-state index in [1.165, 1.54) is 11.3 Å². The van der Waals surface area contributed by atoms with E-state index in [0.29, 0.717) is 17.0 Å². The van der Waals surface area contributed by atoms with Crippen molar-refractivity contribution in [3.63, 3.8) is 0 Å². The molecule has 8 heteroatoms. The normalized spacial score (nSPS) is 10.5. The third-order valence-corrected chi connectivity index (χ3v) is 4.89. The average Bonchev–Trinajstić information content (AvgIpc) is 3.06. The van der Waals surface area contributed by atoms with Gasteiger partial charge in [0.2, 0.25) is 11.8 Å². The van der Waals surface area contributed by atoms with E-state index in [4.69, 9.17) is 10.5 Å². The van der Waals surface area contributed by atoms with E-state index in [1.807, 2.05) is 18.2 Å². The molecule has 0 bridgehead atoms. The minimum atomic E-state index is -0.506. The van der Waals surface area contributed by atoms with Gasteiger partial charge in [-0.3, -0.25) is 9.59 Å². The van der Waals surface area contributed by atoms with Crippen LogP contribution in [0.4, 0.5) is 10.8 Å². The fourth-order valence-corrected chi connectivity index (χ4v) is 3.38. The number of hydrogen-bond acceptors (Lipinski definition) is 6. The van der Waals surface area contributed by atoms with E-state index in [9.17, 15) is 9.59 Å². The maximum Gasteiger partial charge on any atom is 0.248 e. The van der Waals surface area contributed by atoms with E-state index in [2.05, 4.69) is 10.3 Å². The highest BCUT2D eigenvalue weighted by Crippen LogP contribution is 2.33. The Labute approximate surface area is 154 Å². The molecule has 2 aromatic carbocycles. The van der Waals surface area contributed by atoms with Crippen molar-refractivity contribution in [3.8, 4) is 5.75 Å². The Bertz CT molecular complexity index is 953. The summed E-state index contributed by atoms with van der Waals surface area (Å²) in [4.78, 5) is 29.7. The first-order chi connectivity index (χ1) is 12.5. The minimum Gasteiger partial charge on any atom is -0.494 e. The van der Waals surface area contributed by atoms with Crippen LogP contribution in [0.15, 0.2) is 42.5 Å². The summed E-state index contributed by atoms with van der Waals surface area (Å²) in [5, 5.41) is 3.51. The lowest BCUT2D eigenvalue weighted by Crippen LogP contribution is -2.29. The number of nitrogens with one attached hydrogen (secondary N) is 1. The quantitative estimate of drug-likeness (QED) is 0.695. The fraction of sp³-hybridized carbons (Fsp3) is 0.167. The van der Waals surface area contributed by atoms with Crippen LogP contribution in [0.3, 0.4) is 0 Å². The number of ether oxygens (including phenoxy) is 1. The lowest BCUT2D eigenvalue weighted by molar-refractivity contribution is -0.114. The van der Waals surface area contributed by atoms with Crippen LogP contribution in [0.5, 0.6) is 5.75 Å². The number of aromatic nitrogens is 1. The van der Waals surface area contributed by atoms with Gasteiger partial charge in [0, 0.05) is 18.3 Å². The molecule has 1 heterocycles. The Balaban J connectivity index is 1.68. The van der Waals surface area contributed by atoms with Gasteiger partial charge in [-0.2, -0.15) is 0 Å². The lowest BCUT2D eigenvalue weighted by Gasteiger charge is -2.15. The van der Waals surface area contributed by atoms with Crippen molar-refractivity contribution in [3.05, 3.63) is 48.0 Å². The molecule has 0 aliphatic carbocycles. The summed E-state index contributed by atoms with van der Waals surface area (Å²) in [5.41, 5.74) is 6.97. The zero-order valence-corrected chi connectivity index (χ0v) is 15.2. The van der Waals surface area contributed by atoms with Crippen LogP contribution in [0, 0.1) is 0 Å². The predicted molar refractivity (Wildman–Crippen MR) is 103 cm³/mol. The molecule has 0 unspecified atom stereocenters. The number of carbonyl (C=O) groups excluding carboxylic acids is 2. The van der Waals surface area contributed by atoms with Crippen LogP contribution in [-0.2, 0) is 4.79 Å². The number of carbonyl (C=O) groups is 2. The van der Waals surface area contributed by atoms with Crippen molar-refractivity contribution in [1.29, 1.82) is 0 Å². The molecule has 2 amide bonds. The molecule has 0 fully saturated rings. The largest absolute Gasteiger partial charge is 0.494 e. The number of nitrogens with zero attached hydrogens (tertiary/aromatic N) is 2. The minimum absolute atomic E-state index is 0.139. The third kappa shape index (κ3) is 3.75. The molecule has 0 aliphatic rings. The molecule has 0 radical (unpaired) electrons. The topological polar surface area (TPSA) is 97.5 Å². The van der Waals surface area contributed by atoms with Crippen LogP contribution in [0.25, 0.3) is 10.2 Å². The molecule has 0 saturated carbocycles. The Hall–Kier alpha value is -3.13. The number of methoxy groups -OCH3 is 1. The van der Waals surface area contributed by atoms with Crippen molar-refractivity contribution in [1.82, 2.24) is 4.98 Å². The molecule has 134 valence electrons. The third-order valence-electron chi connectivity index (χ3n) is 3.75. The first kappa shape index (κ1) is 17.7. The van der Waals surface area contributed by atoms with Gasteiger partial charge in [0.15, 0.2) is 5.13 Å². The van der Waals surface area contributed by atoms with E-state index in [-0.39, 0.29) is 12.5 Å². The van der Waals surface area contributed by atoms with Crippen LogP contribution < -0.4 is 20.7 Å². The van der Waals surface area contributed by atoms with Gasteiger partial charge < -0.3 is 20.7 Å². The molecule has 0 spiro atoms. The van der Waals surface area contributed by atoms with Crippen molar-refractivity contribution >= 4 is 44.2 Å². The average molecular weight is 370 g/mol. The molecule has 0 atom stereocenters. The second kappa shape index (κ2) is 7.40. The summed E-state index contributed by atoms with van der Waals surface area (Å²) in [6.45, 7) is 0.139. The van der Waals surface area contributed by atoms with Crippen LogP contribution >= 0.6 is 11.3 Å². The molecule has 1 aromatic heterocycles. The summed E-state index contributed by atoms with van der Waals surface area (Å²) < 4.78 is 6.31. The summed E-state index contributed by atoms with van der Waals surface area (Å²) in [6, 6.07) is 12.1. The second-order valence-electron chi connectivity index (χ2n) is 5.65. The van der Waals surface area contributed by atoms with Gasteiger partial charge in [-0.1, -0.05) is 17.4 Å². The number of primary amides is 1. The Morgan fingerprint density at radius 1 is 1.23 bits per heavy atom. The summed E-state index contributed by atoms with van der Waals surface area (Å²) >= 11 is 1.49. The van der Waals surface area contributed by atoms with Gasteiger partial charge >= 0.3 is 0 Å². The number of rotatable bonds is 6. The number of anilines is 2. The van der Waals surface area contributed by atoms with Gasteiger partial charge in [-0.05, 0) is 36.4 Å². The molecular formula is C18H18N4O3S. The number of nitrogens with two attached hydrogens (primary N) is 1. The Morgan fingerprint density at radius 3 is 2.62 bits per heavy atom. The monoisotopic (exact) mass is 370 g/mol. The second-order valence-corrected chi connectivity index (χ2v) is 6.66. The molecule has 3 N–H and O–H groups in total. The van der Waals surface area contributed by atoms with Gasteiger partial charge in [-0.15, -0.1) is 0 Å². The SMILES string of the molecule is COc1cccc2sc(N(C)CC(=O)Nc3ccc(C(N)=O)cc3)nc12. The molecular weight excluding hydrogens is 352 g/mol. The Morgan fingerprint density at radius 2 is 1.96 bits per heavy atom. The van der Waals surface area contributed by atoms with E-state index in [1.54, 1.807) is 43.3 Å². The number of thiazole rings is 1. The molecule has 7 nitrogen and oxygen atoms in total. The molecule has 0 aliphatic heterocycles. The first-order valence-corrected chi connectivity index (χ1v) is 8.64. The van der Waals surface area contributed by atoms with E-state index in [0.717, 1.165) is 15.3 Å². The van der Waals surface area contributed by atoms with Crippen molar-refractivity contribution in [2.45, 2.75) is 0 Å². The maximum atomic E-state index is 12.3. The predicted octanol–water partition coefficient (Wildman–Crippen LogP) is 2.48. The first-order valence-electron chi connectivity index (χ1n) is 7.82. The van der Waals surface area contributed by atoms with Crippen LogP contribution in [0.2, 0.25) is 0 Å². The van der Waals surface area contributed by atoms with Crippen molar-refractivity contribution in [2.24, 2.45) is 5.73 Å². The highest BCUT2D eigenvalue weighted by Gasteiger charge is 2.14. The van der Waals surface area contributed by atoms with Gasteiger partial charge in [0.1, 0.15) is 11.3 Å². The van der Waals surface area contributed by atoms with Crippen LogP contribution in [-0.4, -0.2) is 37.5 Å². The van der Waals surface area contributed by atoms with Gasteiger partial charge in [0.05, 0.1) is 18.4 Å². The standard InChI is InChI=1S/C18H18N4O3S/c1-22(18-21-16-13(25-2)4-3-5-14(16)26-18)10-15(23)20-12-8-6-11(7-9-12)17(19)24/h3-9H,10H2,1-2H3,(H2,19,24)(H,20,23). The summed E-state index contributed by atoms with van der Waals surface area (Å²) in [6.07, 6.45) is 0. The number of likely N-dealkylation sites (N-methyl/N-ethyl adjacent to an activating group) is 1. The number of fused-ring (bicyclic) bond motifs is 1.